The predicted octanol–water partition coefficient (Wildman–Crippen LogP) is 5.47. The van der Waals surface area contributed by atoms with Gasteiger partial charge in [-0.25, -0.2) is 0 Å². The maximum Gasteiger partial charge on any atom is 0.253 e. The second kappa shape index (κ2) is 9.84. The third-order valence-corrected chi connectivity index (χ3v) is 7.18. The summed E-state index contributed by atoms with van der Waals surface area (Å²) in [4.78, 5) is 17.2. The molecule has 0 aliphatic carbocycles. The summed E-state index contributed by atoms with van der Waals surface area (Å²) in [7, 11) is 0. The van der Waals surface area contributed by atoms with Gasteiger partial charge in [-0.05, 0) is 43.7 Å². The molecule has 1 fully saturated rings. The van der Waals surface area contributed by atoms with E-state index in [9.17, 15) is 4.79 Å². The van der Waals surface area contributed by atoms with E-state index >= 15 is 0 Å². The standard InChI is InChI=1S/C24H25Cl3N4O/c1-16-23(27)17(2)31(28-16)14-18-6-8-19(9-7-18)24(32)30-12-10-29(11-13-30)15-20-21(25)4-3-5-22(20)26/h3-9H,10-15H2,1-2H3. The number of aromatic nitrogens is 2. The van der Waals surface area contributed by atoms with Crippen molar-refractivity contribution in [3.63, 3.8) is 0 Å². The molecule has 1 saturated heterocycles. The maximum atomic E-state index is 13.0. The molecule has 1 amide bonds. The molecule has 0 N–H and O–H groups in total. The summed E-state index contributed by atoms with van der Waals surface area (Å²) in [6.07, 6.45) is 0. The second-order valence-electron chi connectivity index (χ2n) is 8.11. The number of piperazine rings is 1. The zero-order valence-electron chi connectivity index (χ0n) is 18.1. The molecule has 32 heavy (non-hydrogen) atoms. The average Bonchev–Trinajstić information content (AvgIpc) is 3.03. The van der Waals surface area contributed by atoms with Crippen LogP contribution in [0.1, 0.15) is 32.9 Å². The number of amides is 1. The molecule has 1 aliphatic heterocycles. The zero-order valence-corrected chi connectivity index (χ0v) is 20.4. The maximum absolute atomic E-state index is 13.0. The van der Waals surface area contributed by atoms with Crippen molar-refractivity contribution in [1.82, 2.24) is 19.6 Å². The van der Waals surface area contributed by atoms with Crippen molar-refractivity contribution in [2.24, 2.45) is 0 Å². The Labute approximate surface area is 203 Å². The molecule has 1 aromatic heterocycles. The molecule has 0 radical (unpaired) electrons. The highest BCUT2D eigenvalue weighted by atomic mass is 35.5. The predicted molar refractivity (Wildman–Crippen MR) is 130 cm³/mol. The van der Waals surface area contributed by atoms with Crippen molar-refractivity contribution in [3.05, 3.63) is 85.6 Å². The first-order valence-corrected chi connectivity index (χ1v) is 11.7. The molecule has 0 bridgehead atoms. The van der Waals surface area contributed by atoms with Crippen LogP contribution < -0.4 is 0 Å². The number of rotatable bonds is 5. The Kier molecular flexibility index (Phi) is 7.11. The van der Waals surface area contributed by atoms with Crippen molar-refractivity contribution < 1.29 is 4.79 Å². The minimum Gasteiger partial charge on any atom is -0.336 e. The van der Waals surface area contributed by atoms with Crippen LogP contribution in [0.2, 0.25) is 15.1 Å². The van der Waals surface area contributed by atoms with E-state index in [-0.39, 0.29) is 5.91 Å². The van der Waals surface area contributed by atoms with Crippen molar-refractivity contribution >= 4 is 40.7 Å². The molecule has 0 saturated carbocycles. The van der Waals surface area contributed by atoms with Crippen LogP contribution in [0.3, 0.4) is 0 Å². The number of carbonyl (C=O) groups is 1. The fourth-order valence-corrected chi connectivity index (χ4v) is 4.61. The lowest BCUT2D eigenvalue weighted by atomic mass is 10.1. The second-order valence-corrected chi connectivity index (χ2v) is 9.30. The van der Waals surface area contributed by atoms with Gasteiger partial charge in [0.2, 0.25) is 0 Å². The zero-order chi connectivity index (χ0) is 22.8. The van der Waals surface area contributed by atoms with Crippen LogP contribution in [0.5, 0.6) is 0 Å². The molecule has 1 aliphatic rings. The number of hydrogen-bond acceptors (Lipinski definition) is 3. The van der Waals surface area contributed by atoms with E-state index in [4.69, 9.17) is 34.8 Å². The Morgan fingerprint density at radius 3 is 2.09 bits per heavy atom. The summed E-state index contributed by atoms with van der Waals surface area (Å²) in [6, 6.07) is 13.3. The number of nitrogens with zero attached hydrogens (tertiary/aromatic N) is 4. The third-order valence-electron chi connectivity index (χ3n) is 5.93. The van der Waals surface area contributed by atoms with Gasteiger partial charge in [0.15, 0.2) is 0 Å². The Hall–Kier alpha value is -2.05. The summed E-state index contributed by atoms with van der Waals surface area (Å²) in [5.41, 5.74) is 4.48. The molecule has 2 heterocycles. The molecular weight excluding hydrogens is 467 g/mol. The Balaban J connectivity index is 1.34. The number of hydrogen-bond donors (Lipinski definition) is 0. The van der Waals surface area contributed by atoms with Crippen molar-refractivity contribution in [3.8, 4) is 0 Å². The van der Waals surface area contributed by atoms with Crippen LogP contribution in [0.25, 0.3) is 0 Å². The Morgan fingerprint density at radius 2 is 1.53 bits per heavy atom. The van der Waals surface area contributed by atoms with Crippen LogP contribution in [0.15, 0.2) is 42.5 Å². The van der Waals surface area contributed by atoms with Crippen molar-refractivity contribution in [1.29, 1.82) is 0 Å². The van der Waals surface area contributed by atoms with Gasteiger partial charge in [-0.2, -0.15) is 5.10 Å². The minimum absolute atomic E-state index is 0.0566. The number of benzene rings is 2. The van der Waals surface area contributed by atoms with Gasteiger partial charge in [0.25, 0.3) is 5.91 Å². The summed E-state index contributed by atoms with van der Waals surface area (Å²) >= 11 is 18.8. The van der Waals surface area contributed by atoms with Gasteiger partial charge in [0, 0.05) is 53.9 Å². The highest BCUT2D eigenvalue weighted by Crippen LogP contribution is 2.26. The third kappa shape index (κ3) is 4.96. The summed E-state index contributed by atoms with van der Waals surface area (Å²) < 4.78 is 1.89. The van der Waals surface area contributed by atoms with Gasteiger partial charge in [-0.15, -0.1) is 0 Å². The topological polar surface area (TPSA) is 41.4 Å². The molecule has 2 aromatic carbocycles. The Bertz CT molecular complexity index is 1100. The molecule has 3 aromatic rings. The van der Waals surface area contributed by atoms with Gasteiger partial charge in [0.1, 0.15) is 0 Å². The molecule has 0 atom stereocenters. The monoisotopic (exact) mass is 490 g/mol. The minimum atomic E-state index is 0.0566. The fourth-order valence-electron chi connectivity index (χ4n) is 3.95. The SMILES string of the molecule is Cc1nn(Cc2ccc(C(=O)N3CCN(Cc4c(Cl)cccc4Cl)CC3)cc2)c(C)c1Cl. The molecule has 0 spiro atoms. The first-order chi connectivity index (χ1) is 15.3. The number of carbonyl (C=O) groups excluding carboxylic acids is 1. The van der Waals surface area contributed by atoms with Gasteiger partial charge < -0.3 is 4.90 Å². The first-order valence-electron chi connectivity index (χ1n) is 10.6. The van der Waals surface area contributed by atoms with Gasteiger partial charge in [0.05, 0.1) is 23.0 Å². The quantitative estimate of drug-likeness (QED) is 0.475. The summed E-state index contributed by atoms with van der Waals surface area (Å²) in [5.74, 6) is 0.0566. The van der Waals surface area contributed by atoms with E-state index in [1.807, 2.05) is 65.9 Å². The summed E-state index contributed by atoms with van der Waals surface area (Å²) in [5, 5.41) is 6.53. The molecule has 8 heteroatoms. The fraction of sp³-hybridized carbons (Fsp3) is 0.333. The lowest BCUT2D eigenvalue weighted by molar-refractivity contribution is 0.0628. The highest BCUT2D eigenvalue weighted by molar-refractivity contribution is 6.36. The summed E-state index contributed by atoms with van der Waals surface area (Å²) in [6.45, 7) is 8.08. The lowest BCUT2D eigenvalue weighted by Gasteiger charge is -2.35. The number of halogens is 3. The Morgan fingerprint density at radius 1 is 0.906 bits per heavy atom. The van der Waals surface area contributed by atoms with Crippen LogP contribution in [-0.2, 0) is 13.1 Å². The first kappa shape index (κ1) is 23.1. The molecular formula is C24H25Cl3N4O. The number of aryl methyl sites for hydroxylation is 1. The van der Waals surface area contributed by atoms with E-state index in [0.29, 0.717) is 46.8 Å². The van der Waals surface area contributed by atoms with Crippen LogP contribution in [-0.4, -0.2) is 51.7 Å². The van der Waals surface area contributed by atoms with Crippen LogP contribution >= 0.6 is 34.8 Å². The highest BCUT2D eigenvalue weighted by Gasteiger charge is 2.23. The molecule has 4 rings (SSSR count). The van der Waals surface area contributed by atoms with E-state index in [1.54, 1.807) is 0 Å². The van der Waals surface area contributed by atoms with Crippen molar-refractivity contribution in [2.45, 2.75) is 26.9 Å². The van der Waals surface area contributed by atoms with Crippen LogP contribution in [0, 0.1) is 13.8 Å². The van der Waals surface area contributed by atoms with Gasteiger partial charge in [-0.3, -0.25) is 14.4 Å². The van der Waals surface area contributed by atoms with Gasteiger partial charge in [-0.1, -0.05) is 53.0 Å². The van der Waals surface area contributed by atoms with Gasteiger partial charge >= 0.3 is 0 Å². The molecule has 5 nitrogen and oxygen atoms in total. The van der Waals surface area contributed by atoms with Crippen molar-refractivity contribution in [2.75, 3.05) is 26.2 Å². The van der Waals surface area contributed by atoms with Crippen LogP contribution in [0.4, 0.5) is 0 Å². The van der Waals surface area contributed by atoms with E-state index in [2.05, 4.69) is 10.00 Å². The largest absolute Gasteiger partial charge is 0.336 e. The molecule has 0 unspecified atom stereocenters. The van der Waals surface area contributed by atoms with E-state index < -0.39 is 0 Å². The normalized spacial score (nSPS) is 14.7. The lowest BCUT2D eigenvalue weighted by Crippen LogP contribution is -2.48. The average molecular weight is 492 g/mol. The molecule has 168 valence electrons. The van der Waals surface area contributed by atoms with E-state index in [0.717, 1.165) is 35.6 Å². The van der Waals surface area contributed by atoms with E-state index in [1.165, 1.54) is 0 Å². The smallest absolute Gasteiger partial charge is 0.253 e.